The first kappa shape index (κ1) is 25.5. The second-order valence-corrected chi connectivity index (χ2v) is 13.5. The third-order valence-corrected chi connectivity index (χ3v) is 11.1. The van der Waals surface area contributed by atoms with Gasteiger partial charge in [0.15, 0.2) is 0 Å². The van der Waals surface area contributed by atoms with Gasteiger partial charge in [-0.1, -0.05) is 109 Å². The Morgan fingerprint density at radius 3 is 1.51 bits per heavy atom. The lowest BCUT2D eigenvalue weighted by atomic mass is 9.81. The number of hydrogen-bond donors (Lipinski definition) is 0. The number of furan rings is 1. The lowest BCUT2D eigenvalue weighted by Crippen LogP contribution is -2.07. The van der Waals surface area contributed by atoms with Crippen LogP contribution in [0.25, 0.3) is 87.6 Å². The van der Waals surface area contributed by atoms with Gasteiger partial charge < -0.3 is 4.42 Å². The van der Waals surface area contributed by atoms with Gasteiger partial charge in [0.25, 0.3) is 0 Å². The molecule has 0 unspecified atom stereocenters. The van der Waals surface area contributed by atoms with Gasteiger partial charge in [-0.15, -0.1) is 0 Å². The molecule has 0 spiro atoms. The van der Waals surface area contributed by atoms with E-state index in [0.29, 0.717) is 0 Å². The van der Waals surface area contributed by atoms with Crippen LogP contribution in [-0.4, -0.2) is 0 Å². The summed E-state index contributed by atoms with van der Waals surface area (Å²) in [7, 11) is 0. The maximum Gasteiger partial charge on any atom is 0.136 e. The molecule has 1 aromatic heterocycles. The summed E-state index contributed by atoms with van der Waals surface area (Å²) in [5.74, 6) is 0. The fourth-order valence-electron chi connectivity index (χ4n) is 8.48. The van der Waals surface area contributed by atoms with Crippen molar-refractivity contribution in [2.24, 2.45) is 0 Å². The van der Waals surface area contributed by atoms with Crippen molar-refractivity contribution in [1.29, 1.82) is 0 Å². The van der Waals surface area contributed by atoms with Gasteiger partial charge in [0.2, 0.25) is 0 Å². The molecule has 0 aliphatic heterocycles. The third-order valence-electron chi connectivity index (χ3n) is 11.1. The minimum atomic E-state index is 0.957. The Morgan fingerprint density at radius 1 is 0.319 bits per heavy atom. The largest absolute Gasteiger partial charge is 0.456 e. The van der Waals surface area contributed by atoms with Crippen LogP contribution in [0.1, 0.15) is 22.3 Å². The summed E-state index contributed by atoms with van der Waals surface area (Å²) in [6.45, 7) is 0. The normalized spacial score (nSPS) is 13.6. The van der Waals surface area contributed by atoms with Crippen LogP contribution in [0.4, 0.5) is 0 Å². The summed E-state index contributed by atoms with van der Waals surface area (Å²) < 4.78 is 6.45. The molecule has 1 nitrogen and oxygen atoms in total. The molecule has 0 radical (unpaired) electrons. The lowest BCUT2D eigenvalue weighted by molar-refractivity contribution is 0.666. The number of benzene rings is 8. The quantitative estimate of drug-likeness (QED) is 0.184. The molecule has 9 aromatic rings. The summed E-state index contributed by atoms with van der Waals surface area (Å²) in [6, 6.07) is 50.0. The predicted molar refractivity (Wildman–Crippen MR) is 197 cm³/mol. The highest BCUT2D eigenvalue weighted by Gasteiger charge is 2.22. The third kappa shape index (κ3) is 3.60. The number of rotatable bonds is 3. The minimum absolute atomic E-state index is 0.957. The smallest absolute Gasteiger partial charge is 0.136 e. The average molecular weight is 599 g/mol. The van der Waals surface area contributed by atoms with Gasteiger partial charge in [-0.05, 0) is 138 Å². The molecule has 47 heavy (non-hydrogen) atoms. The SMILES string of the molecule is c1ccc2c(-c3c4ccccc4c(-c4ccc5c(c4)CC5)c4ccccc34)ccc(-c3ccc4c(c3)oc3cc5c(cc34)CC5)c2c1. The van der Waals surface area contributed by atoms with Crippen molar-refractivity contribution in [3.63, 3.8) is 0 Å². The molecular weight excluding hydrogens is 569 g/mol. The molecular formula is C46H30O. The molecule has 1 heteroatoms. The van der Waals surface area contributed by atoms with E-state index in [0.717, 1.165) is 17.6 Å². The van der Waals surface area contributed by atoms with Crippen LogP contribution >= 0.6 is 0 Å². The molecule has 2 aliphatic rings. The van der Waals surface area contributed by atoms with Crippen molar-refractivity contribution < 1.29 is 4.42 Å². The predicted octanol–water partition coefficient (Wildman–Crippen LogP) is 12.2. The van der Waals surface area contributed by atoms with Crippen molar-refractivity contribution in [3.8, 4) is 33.4 Å². The van der Waals surface area contributed by atoms with Crippen LogP contribution in [0.15, 0.2) is 138 Å². The van der Waals surface area contributed by atoms with Crippen molar-refractivity contribution in [2.75, 3.05) is 0 Å². The van der Waals surface area contributed by atoms with Gasteiger partial charge in [0.1, 0.15) is 11.2 Å². The van der Waals surface area contributed by atoms with E-state index in [4.69, 9.17) is 4.42 Å². The molecule has 0 N–H and O–H groups in total. The first-order valence-corrected chi connectivity index (χ1v) is 16.8. The van der Waals surface area contributed by atoms with E-state index < -0.39 is 0 Å². The second kappa shape index (κ2) is 9.44. The van der Waals surface area contributed by atoms with Crippen molar-refractivity contribution in [2.45, 2.75) is 25.7 Å². The Balaban J connectivity index is 1.15. The first-order valence-electron chi connectivity index (χ1n) is 16.8. The molecule has 0 saturated heterocycles. The highest BCUT2D eigenvalue weighted by atomic mass is 16.3. The molecule has 2 aliphatic carbocycles. The zero-order valence-corrected chi connectivity index (χ0v) is 25.9. The molecule has 0 amide bonds. The Hall–Kier alpha value is -5.66. The minimum Gasteiger partial charge on any atom is -0.456 e. The zero-order valence-electron chi connectivity index (χ0n) is 25.9. The van der Waals surface area contributed by atoms with Gasteiger partial charge in [0.05, 0.1) is 0 Å². The highest BCUT2D eigenvalue weighted by Crippen LogP contribution is 2.47. The van der Waals surface area contributed by atoms with Crippen LogP contribution in [0.5, 0.6) is 0 Å². The Labute approximate surface area is 272 Å². The molecule has 1 heterocycles. The Kier molecular flexibility index (Phi) is 5.12. The summed E-state index contributed by atoms with van der Waals surface area (Å²) in [5, 5.41) is 10.1. The van der Waals surface area contributed by atoms with E-state index in [1.54, 1.807) is 0 Å². The van der Waals surface area contributed by atoms with Crippen molar-refractivity contribution in [3.05, 3.63) is 156 Å². The molecule has 11 rings (SSSR count). The van der Waals surface area contributed by atoms with E-state index in [9.17, 15) is 0 Å². The average Bonchev–Trinajstić information content (AvgIpc) is 3.45. The lowest BCUT2D eigenvalue weighted by Gasteiger charge is -2.22. The zero-order chi connectivity index (χ0) is 30.6. The molecule has 0 fully saturated rings. The van der Waals surface area contributed by atoms with Crippen LogP contribution in [0.2, 0.25) is 0 Å². The maximum atomic E-state index is 6.45. The summed E-state index contributed by atoms with van der Waals surface area (Å²) in [5.41, 5.74) is 15.5. The van der Waals surface area contributed by atoms with Crippen LogP contribution in [0.3, 0.4) is 0 Å². The fraction of sp³-hybridized carbons (Fsp3) is 0.0870. The van der Waals surface area contributed by atoms with Gasteiger partial charge in [-0.25, -0.2) is 0 Å². The second-order valence-electron chi connectivity index (χ2n) is 13.5. The van der Waals surface area contributed by atoms with E-state index in [1.807, 2.05) is 0 Å². The molecule has 0 atom stereocenters. The summed E-state index contributed by atoms with van der Waals surface area (Å²) in [6.07, 6.45) is 4.72. The Bertz CT molecular complexity index is 2740. The van der Waals surface area contributed by atoms with Crippen LogP contribution in [0, 0.1) is 0 Å². The molecule has 8 aromatic carbocycles. The topological polar surface area (TPSA) is 13.1 Å². The van der Waals surface area contributed by atoms with Crippen LogP contribution < -0.4 is 0 Å². The van der Waals surface area contributed by atoms with Crippen molar-refractivity contribution in [1.82, 2.24) is 0 Å². The van der Waals surface area contributed by atoms with E-state index in [-0.39, 0.29) is 0 Å². The molecule has 0 saturated carbocycles. The van der Waals surface area contributed by atoms with E-state index >= 15 is 0 Å². The standard InChI is InChI=1S/C46H30O/c1-2-8-35-34(7-1)33(31-19-20-36-42-24-29-16-17-30(29)25-44(42)47-43(36)26-31)21-22-41(35)46-39-11-5-3-9-37(39)45(38-10-4-6-12-40(38)46)32-18-14-27-13-15-28(27)23-32/h1-12,14,18-26H,13,15-17H2. The first-order chi connectivity index (χ1) is 23.3. The fourth-order valence-corrected chi connectivity index (χ4v) is 8.48. The number of aryl methyl sites for hydroxylation is 4. The number of fused-ring (bicyclic) bond motifs is 8. The monoisotopic (exact) mass is 598 g/mol. The highest BCUT2D eigenvalue weighted by molar-refractivity contribution is 6.24. The van der Waals surface area contributed by atoms with E-state index in [1.165, 1.54) is 118 Å². The van der Waals surface area contributed by atoms with Gasteiger partial charge >= 0.3 is 0 Å². The number of hydrogen-bond acceptors (Lipinski definition) is 1. The van der Waals surface area contributed by atoms with Crippen molar-refractivity contribution >= 4 is 54.3 Å². The molecule has 0 bridgehead atoms. The van der Waals surface area contributed by atoms with Crippen LogP contribution in [-0.2, 0) is 25.7 Å². The Morgan fingerprint density at radius 2 is 0.851 bits per heavy atom. The van der Waals surface area contributed by atoms with Gasteiger partial charge in [-0.2, -0.15) is 0 Å². The molecule has 220 valence electrons. The summed E-state index contributed by atoms with van der Waals surface area (Å²) in [4.78, 5) is 0. The summed E-state index contributed by atoms with van der Waals surface area (Å²) >= 11 is 0. The maximum absolute atomic E-state index is 6.45. The van der Waals surface area contributed by atoms with E-state index in [2.05, 4.69) is 133 Å². The van der Waals surface area contributed by atoms with Gasteiger partial charge in [0, 0.05) is 10.8 Å². The van der Waals surface area contributed by atoms with Gasteiger partial charge in [-0.3, -0.25) is 0 Å².